The highest BCUT2D eigenvalue weighted by molar-refractivity contribution is 7.89. The van der Waals surface area contributed by atoms with Crippen LogP contribution in [-0.4, -0.2) is 57.1 Å². The van der Waals surface area contributed by atoms with Gasteiger partial charge in [-0.25, -0.2) is 8.42 Å². The topological polar surface area (TPSA) is 105 Å². The lowest BCUT2D eigenvalue weighted by Gasteiger charge is -2.24. The number of phenolic OH excluding ortho intramolecular Hbond substituents is 1. The maximum absolute atomic E-state index is 13.2. The summed E-state index contributed by atoms with van der Waals surface area (Å²) in [4.78, 5) is 12.8. The SMILES string of the molecule is COc1ccc(S(=O)(=O)N2CCCC2C(=O)NCCc2ccc(O)cc2)cc1OC. The third-order valence-corrected chi connectivity index (χ3v) is 7.02. The van der Waals surface area contributed by atoms with Gasteiger partial charge in [-0.3, -0.25) is 4.79 Å². The standard InChI is InChI=1S/C21H26N2O6S/c1-28-19-10-9-17(14-20(19)29-2)30(26,27)23-13-3-4-18(23)21(25)22-12-11-15-5-7-16(24)8-6-15/h5-10,14,18,24H,3-4,11-13H2,1-2H3,(H,22,25). The number of hydrogen-bond donors (Lipinski definition) is 2. The highest BCUT2D eigenvalue weighted by Crippen LogP contribution is 2.33. The van der Waals surface area contributed by atoms with E-state index in [1.165, 1.54) is 36.7 Å². The predicted molar refractivity (Wildman–Crippen MR) is 111 cm³/mol. The van der Waals surface area contributed by atoms with Crippen LogP contribution in [0.1, 0.15) is 18.4 Å². The summed E-state index contributed by atoms with van der Waals surface area (Å²) in [6.07, 6.45) is 1.67. The molecule has 8 nitrogen and oxygen atoms in total. The fraction of sp³-hybridized carbons (Fsp3) is 0.381. The third-order valence-electron chi connectivity index (χ3n) is 5.12. The maximum atomic E-state index is 13.2. The second kappa shape index (κ2) is 9.36. The number of benzene rings is 2. The summed E-state index contributed by atoms with van der Waals surface area (Å²) in [6.45, 7) is 0.664. The van der Waals surface area contributed by atoms with Gasteiger partial charge in [0.05, 0.1) is 19.1 Å². The van der Waals surface area contributed by atoms with Gasteiger partial charge < -0.3 is 19.9 Å². The molecule has 2 N–H and O–H groups in total. The molecule has 1 saturated heterocycles. The first-order chi connectivity index (χ1) is 14.4. The molecule has 1 aliphatic rings. The first kappa shape index (κ1) is 21.9. The van der Waals surface area contributed by atoms with Crippen LogP contribution in [0.5, 0.6) is 17.2 Å². The Labute approximate surface area is 176 Å². The van der Waals surface area contributed by atoms with Gasteiger partial charge in [0.2, 0.25) is 15.9 Å². The zero-order chi connectivity index (χ0) is 21.7. The highest BCUT2D eigenvalue weighted by atomic mass is 32.2. The van der Waals surface area contributed by atoms with E-state index in [0.717, 1.165) is 5.56 Å². The third kappa shape index (κ3) is 4.68. The molecule has 0 spiro atoms. The second-order valence-electron chi connectivity index (χ2n) is 7.00. The van der Waals surface area contributed by atoms with Crippen molar-refractivity contribution in [2.45, 2.75) is 30.2 Å². The van der Waals surface area contributed by atoms with Crippen LogP contribution in [-0.2, 0) is 21.2 Å². The second-order valence-corrected chi connectivity index (χ2v) is 8.89. The van der Waals surface area contributed by atoms with Crippen LogP contribution in [0.2, 0.25) is 0 Å². The van der Waals surface area contributed by atoms with Crippen molar-refractivity contribution in [2.24, 2.45) is 0 Å². The van der Waals surface area contributed by atoms with Crippen molar-refractivity contribution < 1.29 is 27.8 Å². The smallest absolute Gasteiger partial charge is 0.243 e. The largest absolute Gasteiger partial charge is 0.508 e. The predicted octanol–water partition coefficient (Wildman–Crippen LogP) is 1.92. The Morgan fingerprint density at radius 3 is 2.50 bits per heavy atom. The minimum Gasteiger partial charge on any atom is -0.508 e. The zero-order valence-electron chi connectivity index (χ0n) is 17.0. The molecule has 2 aromatic carbocycles. The normalized spacial score (nSPS) is 16.9. The number of nitrogens with one attached hydrogen (secondary N) is 1. The van der Waals surface area contributed by atoms with Gasteiger partial charge in [-0.15, -0.1) is 0 Å². The van der Waals surface area contributed by atoms with E-state index in [-0.39, 0.29) is 23.1 Å². The zero-order valence-corrected chi connectivity index (χ0v) is 17.8. The summed E-state index contributed by atoms with van der Waals surface area (Å²) in [5, 5.41) is 12.2. The van der Waals surface area contributed by atoms with Crippen molar-refractivity contribution in [1.82, 2.24) is 9.62 Å². The fourth-order valence-corrected chi connectivity index (χ4v) is 5.19. The lowest BCUT2D eigenvalue weighted by Crippen LogP contribution is -2.46. The molecular weight excluding hydrogens is 408 g/mol. The van der Waals surface area contributed by atoms with Crippen molar-refractivity contribution in [3.05, 3.63) is 48.0 Å². The number of ether oxygens (including phenoxy) is 2. The molecule has 9 heteroatoms. The number of rotatable bonds is 8. The average Bonchev–Trinajstić information content (AvgIpc) is 3.25. The summed E-state index contributed by atoms with van der Waals surface area (Å²) >= 11 is 0. The van der Waals surface area contributed by atoms with E-state index in [0.29, 0.717) is 37.3 Å². The number of methoxy groups -OCH3 is 2. The molecule has 1 fully saturated rings. The van der Waals surface area contributed by atoms with Crippen molar-refractivity contribution in [3.63, 3.8) is 0 Å². The molecule has 0 saturated carbocycles. The van der Waals surface area contributed by atoms with Crippen LogP contribution in [0.15, 0.2) is 47.4 Å². The van der Waals surface area contributed by atoms with Gasteiger partial charge in [-0.1, -0.05) is 12.1 Å². The van der Waals surface area contributed by atoms with Crippen LogP contribution >= 0.6 is 0 Å². The summed E-state index contributed by atoms with van der Waals surface area (Å²) < 4.78 is 38.0. The summed E-state index contributed by atoms with van der Waals surface area (Å²) in [7, 11) is -0.947. The van der Waals surface area contributed by atoms with E-state index >= 15 is 0 Å². The molecular formula is C21H26N2O6S. The number of nitrogens with zero attached hydrogens (tertiary/aromatic N) is 1. The molecule has 0 radical (unpaired) electrons. The number of aromatic hydroxyl groups is 1. The molecule has 1 heterocycles. The van der Waals surface area contributed by atoms with E-state index in [1.807, 2.05) is 0 Å². The van der Waals surface area contributed by atoms with Crippen molar-refractivity contribution in [2.75, 3.05) is 27.3 Å². The minimum absolute atomic E-state index is 0.0592. The summed E-state index contributed by atoms with van der Waals surface area (Å²) in [5.74, 6) is 0.620. The van der Waals surface area contributed by atoms with E-state index in [1.54, 1.807) is 24.3 Å². The maximum Gasteiger partial charge on any atom is 0.243 e. The Kier molecular flexibility index (Phi) is 6.84. The Balaban J connectivity index is 1.69. The molecule has 0 aliphatic carbocycles. The number of sulfonamides is 1. The number of amides is 1. The highest BCUT2D eigenvalue weighted by Gasteiger charge is 2.39. The Hall–Kier alpha value is -2.78. The number of carbonyl (C=O) groups is 1. The van der Waals surface area contributed by atoms with Crippen molar-refractivity contribution >= 4 is 15.9 Å². The van der Waals surface area contributed by atoms with Gasteiger partial charge in [-0.05, 0) is 49.1 Å². The first-order valence-corrected chi connectivity index (χ1v) is 11.1. The number of phenols is 1. The molecule has 2 aromatic rings. The van der Waals surface area contributed by atoms with Crippen LogP contribution in [0.4, 0.5) is 0 Å². The van der Waals surface area contributed by atoms with E-state index in [4.69, 9.17) is 9.47 Å². The van der Waals surface area contributed by atoms with Crippen molar-refractivity contribution in [1.29, 1.82) is 0 Å². The molecule has 1 amide bonds. The van der Waals surface area contributed by atoms with E-state index in [9.17, 15) is 18.3 Å². The van der Waals surface area contributed by atoms with Gasteiger partial charge >= 0.3 is 0 Å². The van der Waals surface area contributed by atoms with Crippen LogP contribution in [0.3, 0.4) is 0 Å². The number of carbonyl (C=O) groups excluding carboxylic acids is 1. The molecule has 30 heavy (non-hydrogen) atoms. The van der Waals surface area contributed by atoms with Crippen molar-refractivity contribution in [3.8, 4) is 17.2 Å². The van der Waals surface area contributed by atoms with Gasteiger partial charge in [-0.2, -0.15) is 4.31 Å². The Bertz CT molecular complexity index is 991. The van der Waals surface area contributed by atoms with E-state index in [2.05, 4.69) is 5.32 Å². The Morgan fingerprint density at radius 1 is 1.13 bits per heavy atom. The van der Waals surface area contributed by atoms with Gasteiger partial charge in [0.25, 0.3) is 0 Å². The van der Waals surface area contributed by atoms with E-state index < -0.39 is 16.1 Å². The first-order valence-electron chi connectivity index (χ1n) is 9.66. The van der Waals surface area contributed by atoms with Gasteiger partial charge in [0, 0.05) is 19.2 Å². The molecule has 1 atom stereocenters. The summed E-state index contributed by atoms with van der Waals surface area (Å²) in [6, 6.07) is 10.4. The van der Waals surface area contributed by atoms with Crippen LogP contribution in [0, 0.1) is 0 Å². The quantitative estimate of drug-likeness (QED) is 0.658. The minimum atomic E-state index is -3.86. The molecule has 3 rings (SSSR count). The Morgan fingerprint density at radius 2 is 1.83 bits per heavy atom. The molecule has 1 aliphatic heterocycles. The van der Waals surface area contributed by atoms with Crippen LogP contribution in [0.25, 0.3) is 0 Å². The molecule has 1 unspecified atom stereocenters. The fourth-order valence-electron chi connectivity index (χ4n) is 3.51. The monoisotopic (exact) mass is 434 g/mol. The molecule has 0 aromatic heterocycles. The lowest BCUT2D eigenvalue weighted by molar-refractivity contribution is -0.124. The van der Waals surface area contributed by atoms with Gasteiger partial charge in [0.1, 0.15) is 11.8 Å². The molecule has 162 valence electrons. The summed E-state index contributed by atoms with van der Waals surface area (Å²) in [5.41, 5.74) is 0.967. The molecule has 0 bridgehead atoms. The lowest BCUT2D eigenvalue weighted by atomic mass is 10.1. The average molecular weight is 435 g/mol. The van der Waals surface area contributed by atoms with Crippen LogP contribution < -0.4 is 14.8 Å². The number of hydrogen-bond acceptors (Lipinski definition) is 6. The van der Waals surface area contributed by atoms with Gasteiger partial charge in [0.15, 0.2) is 11.5 Å².